The topological polar surface area (TPSA) is 66.5 Å². The second kappa shape index (κ2) is 7.84. The molecule has 0 aromatic carbocycles. The van der Waals surface area contributed by atoms with E-state index in [2.05, 4.69) is 31.6 Å². The van der Waals surface area contributed by atoms with Crippen LogP contribution in [0, 0.1) is 0 Å². The van der Waals surface area contributed by atoms with E-state index < -0.39 is 0 Å². The summed E-state index contributed by atoms with van der Waals surface area (Å²) in [5.41, 5.74) is 0. The van der Waals surface area contributed by atoms with Crippen molar-refractivity contribution in [2.75, 3.05) is 19.6 Å². The van der Waals surface area contributed by atoms with Gasteiger partial charge in [-0.25, -0.2) is 4.98 Å². The lowest BCUT2D eigenvalue weighted by Gasteiger charge is -2.41. The van der Waals surface area contributed by atoms with E-state index in [1.807, 2.05) is 38.5 Å². The Hall–Kier alpha value is -2.12. The number of nitrogens with one attached hydrogen (secondary N) is 1. The molecule has 7 heteroatoms. The molecular weight excluding hydrogens is 318 g/mol. The minimum absolute atomic E-state index is 0.0427. The van der Waals surface area contributed by atoms with E-state index in [0.29, 0.717) is 12.6 Å². The molecular formula is C18H27N5O2. The largest absolute Gasteiger partial charge is 0.467 e. The number of aromatic nitrogens is 2. The van der Waals surface area contributed by atoms with Crippen LogP contribution in [0.1, 0.15) is 25.4 Å². The number of carbonyl (C=O) groups is 1. The summed E-state index contributed by atoms with van der Waals surface area (Å²) < 4.78 is 7.32. The summed E-state index contributed by atoms with van der Waals surface area (Å²) in [7, 11) is 2.02. The summed E-state index contributed by atoms with van der Waals surface area (Å²) in [6, 6.07) is 3.93. The van der Waals surface area contributed by atoms with Crippen molar-refractivity contribution in [2.24, 2.45) is 7.05 Å². The van der Waals surface area contributed by atoms with E-state index in [9.17, 15) is 4.79 Å². The van der Waals surface area contributed by atoms with Gasteiger partial charge >= 0.3 is 0 Å². The number of carbonyl (C=O) groups excluding carboxylic acids is 1. The predicted octanol–water partition coefficient (Wildman–Crippen LogP) is 1.22. The van der Waals surface area contributed by atoms with Gasteiger partial charge in [0.2, 0.25) is 5.91 Å². The van der Waals surface area contributed by atoms with E-state index in [4.69, 9.17) is 4.42 Å². The minimum atomic E-state index is -0.146. The number of amides is 1. The highest BCUT2D eigenvalue weighted by Crippen LogP contribution is 2.15. The molecule has 25 heavy (non-hydrogen) atoms. The highest BCUT2D eigenvalue weighted by Gasteiger charge is 2.30. The molecule has 2 unspecified atom stereocenters. The third-order valence-electron chi connectivity index (χ3n) is 5.01. The van der Waals surface area contributed by atoms with Gasteiger partial charge in [0.1, 0.15) is 11.6 Å². The van der Waals surface area contributed by atoms with E-state index in [0.717, 1.165) is 37.8 Å². The Morgan fingerprint density at radius 2 is 2.32 bits per heavy atom. The third-order valence-corrected chi connectivity index (χ3v) is 5.01. The number of hydrogen-bond acceptors (Lipinski definition) is 5. The summed E-state index contributed by atoms with van der Waals surface area (Å²) in [4.78, 5) is 21.5. The van der Waals surface area contributed by atoms with Crippen molar-refractivity contribution in [3.8, 4) is 0 Å². The molecule has 1 aliphatic heterocycles. The maximum Gasteiger partial charge on any atom is 0.237 e. The molecule has 0 radical (unpaired) electrons. The van der Waals surface area contributed by atoms with Crippen LogP contribution in [0.15, 0.2) is 35.2 Å². The smallest absolute Gasteiger partial charge is 0.237 e. The second-order valence-corrected chi connectivity index (χ2v) is 6.74. The third kappa shape index (κ3) is 4.29. The SMILES string of the molecule is CC1CN(C(C)C(=O)NCc2ccco2)CCN1Cc1nccn1C. The van der Waals surface area contributed by atoms with Gasteiger partial charge in [-0.3, -0.25) is 14.6 Å². The molecule has 1 saturated heterocycles. The highest BCUT2D eigenvalue weighted by molar-refractivity contribution is 5.81. The molecule has 2 aromatic rings. The van der Waals surface area contributed by atoms with Crippen LogP contribution >= 0.6 is 0 Å². The summed E-state index contributed by atoms with van der Waals surface area (Å²) in [5, 5.41) is 2.95. The Kier molecular flexibility index (Phi) is 5.55. The fourth-order valence-corrected chi connectivity index (χ4v) is 3.24. The normalized spacial score (nSPS) is 20.5. The van der Waals surface area contributed by atoms with Crippen LogP contribution in [-0.2, 0) is 24.9 Å². The lowest BCUT2D eigenvalue weighted by Crippen LogP contribution is -2.57. The average molecular weight is 345 g/mol. The number of imidazole rings is 1. The lowest BCUT2D eigenvalue weighted by molar-refractivity contribution is -0.127. The first kappa shape index (κ1) is 17.7. The number of aryl methyl sites for hydroxylation is 1. The van der Waals surface area contributed by atoms with Gasteiger partial charge in [-0.1, -0.05) is 0 Å². The summed E-state index contributed by atoms with van der Waals surface area (Å²) in [6.07, 6.45) is 5.43. The molecule has 2 atom stereocenters. The van der Waals surface area contributed by atoms with Crippen molar-refractivity contribution < 1.29 is 9.21 Å². The maximum absolute atomic E-state index is 12.4. The molecule has 0 aliphatic carbocycles. The fourth-order valence-electron chi connectivity index (χ4n) is 3.24. The van der Waals surface area contributed by atoms with Crippen molar-refractivity contribution in [3.63, 3.8) is 0 Å². The number of furan rings is 1. The first-order valence-corrected chi connectivity index (χ1v) is 8.79. The molecule has 1 N–H and O–H groups in total. The molecule has 0 saturated carbocycles. The first-order valence-electron chi connectivity index (χ1n) is 8.79. The Bertz CT molecular complexity index is 681. The van der Waals surface area contributed by atoms with Crippen LogP contribution in [0.3, 0.4) is 0 Å². The zero-order valence-electron chi connectivity index (χ0n) is 15.2. The van der Waals surface area contributed by atoms with Gasteiger partial charge < -0.3 is 14.3 Å². The quantitative estimate of drug-likeness (QED) is 0.853. The molecule has 136 valence electrons. The van der Waals surface area contributed by atoms with Crippen molar-refractivity contribution >= 4 is 5.91 Å². The van der Waals surface area contributed by atoms with Crippen LogP contribution in [0.5, 0.6) is 0 Å². The van der Waals surface area contributed by atoms with Crippen LogP contribution in [0.2, 0.25) is 0 Å². The van der Waals surface area contributed by atoms with Gasteiger partial charge in [-0.2, -0.15) is 0 Å². The monoisotopic (exact) mass is 345 g/mol. The average Bonchev–Trinajstić information content (AvgIpc) is 3.26. The number of nitrogens with zero attached hydrogens (tertiary/aromatic N) is 4. The number of rotatable bonds is 6. The van der Waals surface area contributed by atoms with Crippen LogP contribution in [-0.4, -0.2) is 57.0 Å². The molecule has 1 amide bonds. The van der Waals surface area contributed by atoms with Crippen LogP contribution < -0.4 is 5.32 Å². The van der Waals surface area contributed by atoms with Crippen molar-refractivity contribution in [3.05, 3.63) is 42.4 Å². The van der Waals surface area contributed by atoms with Gasteiger partial charge in [0, 0.05) is 45.1 Å². The fraction of sp³-hybridized carbons (Fsp3) is 0.556. The summed E-state index contributed by atoms with van der Waals surface area (Å²) in [6.45, 7) is 8.15. The Morgan fingerprint density at radius 1 is 1.48 bits per heavy atom. The number of hydrogen-bond donors (Lipinski definition) is 1. The molecule has 3 heterocycles. The number of piperazine rings is 1. The molecule has 3 rings (SSSR count). The second-order valence-electron chi connectivity index (χ2n) is 6.74. The first-order chi connectivity index (χ1) is 12.0. The van der Waals surface area contributed by atoms with Crippen LogP contribution in [0.4, 0.5) is 0 Å². The van der Waals surface area contributed by atoms with Gasteiger partial charge in [0.15, 0.2) is 0 Å². The maximum atomic E-state index is 12.4. The van der Waals surface area contributed by atoms with Gasteiger partial charge in [-0.05, 0) is 26.0 Å². The van der Waals surface area contributed by atoms with E-state index in [1.165, 1.54) is 0 Å². The zero-order chi connectivity index (χ0) is 17.8. The zero-order valence-corrected chi connectivity index (χ0v) is 15.2. The van der Waals surface area contributed by atoms with Gasteiger partial charge in [0.05, 0.1) is 25.4 Å². The Morgan fingerprint density at radius 3 is 2.96 bits per heavy atom. The lowest BCUT2D eigenvalue weighted by atomic mass is 10.1. The van der Waals surface area contributed by atoms with Crippen molar-refractivity contribution in [2.45, 2.75) is 39.0 Å². The molecule has 0 bridgehead atoms. The van der Waals surface area contributed by atoms with Crippen molar-refractivity contribution in [1.82, 2.24) is 24.7 Å². The highest BCUT2D eigenvalue weighted by atomic mass is 16.3. The van der Waals surface area contributed by atoms with E-state index >= 15 is 0 Å². The molecule has 1 fully saturated rings. The van der Waals surface area contributed by atoms with Gasteiger partial charge in [0.25, 0.3) is 0 Å². The molecule has 1 aliphatic rings. The van der Waals surface area contributed by atoms with Crippen molar-refractivity contribution in [1.29, 1.82) is 0 Å². The standard InChI is InChI=1S/C18H27N5O2/c1-14-12-23(9-8-22(14)13-17-19-6-7-21(17)3)15(2)18(24)20-11-16-5-4-10-25-16/h4-7,10,14-15H,8-9,11-13H2,1-3H3,(H,20,24). The summed E-state index contributed by atoms with van der Waals surface area (Å²) >= 11 is 0. The Labute approximate surface area is 148 Å². The summed E-state index contributed by atoms with van der Waals surface area (Å²) in [5.74, 6) is 1.89. The molecule has 7 nitrogen and oxygen atoms in total. The molecule has 0 spiro atoms. The minimum Gasteiger partial charge on any atom is -0.467 e. The van der Waals surface area contributed by atoms with Gasteiger partial charge in [-0.15, -0.1) is 0 Å². The van der Waals surface area contributed by atoms with E-state index in [1.54, 1.807) is 6.26 Å². The Balaban J connectivity index is 1.49. The van der Waals surface area contributed by atoms with E-state index in [-0.39, 0.29) is 11.9 Å². The molecule has 2 aromatic heterocycles. The predicted molar refractivity (Wildman–Crippen MR) is 94.7 cm³/mol. The van der Waals surface area contributed by atoms with Crippen LogP contribution in [0.25, 0.3) is 0 Å².